The molecule has 11 heteroatoms. The van der Waals surface area contributed by atoms with Crippen LogP contribution in [-0.2, 0) is 4.74 Å². The minimum Gasteiger partial charge on any atom is -0.462 e. The second kappa shape index (κ2) is 12.6. The summed E-state index contributed by atoms with van der Waals surface area (Å²) in [5.41, 5.74) is 1.39. The van der Waals surface area contributed by atoms with Crippen molar-refractivity contribution in [1.29, 1.82) is 0 Å². The third-order valence-electron chi connectivity index (χ3n) is 4.07. The van der Waals surface area contributed by atoms with Crippen molar-refractivity contribution in [1.82, 2.24) is 10.6 Å². The molecule has 0 spiro atoms. The van der Waals surface area contributed by atoms with Crippen molar-refractivity contribution in [3.8, 4) is 0 Å². The van der Waals surface area contributed by atoms with Gasteiger partial charge in [-0.3, -0.25) is 4.79 Å². The number of hydrogen-bond donors (Lipinski definition) is 3. The summed E-state index contributed by atoms with van der Waals surface area (Å²) in [5.74, 6) is -0.846. The molecule has 32 heavy (non-hydrogen) atoms. The van der Waals surface area contributed by atoms with Gasteiger partial charge in [0.1, 0.15) is 6.17 Å². The fraction of sp³-hybridized carbons (Fsp3) is 0.286. The molecule has 1 atom stereocenters. The minimum absolute atomic E-state index is 0.106. The number of thiocarbonyl (C=S) groups is 1. The molecular weight excluding hydrogens is 561 g/mol. The monoisotopic (exact) mass is 579 g/mol. The highest BCUT2D eigenvalue weighted by atomic mass is 79.9. The van der Waals surface area contributed by atoms with E-state index in [1.165, 1.54) is 0 Å². The molecule has 172 valence electrons. The van der Waals surface area contributed by atoms with E-state index in [4.69, 9.17) is 51.8 Å². The van der Waals surface area contributed by atoms with Crippen molar-refractivity contribution < 1.29 is 14.3 Å². The Bertz CT molecular complexity index is 955. The largest absolute Gasteiger partial charge is 0.462 e. The zero-order valence-corrected chi connectivity index (χ0v) is 21.6. The van der Waals surface area contributed by atoms with E-state index in [2.05, 4.69) is 31.9 Å². The molecule has 0 unspecified atom stereocenters. The topological polar surface area (TPSA) is 79.5 Å². The lowest BCUT2D eigenvalue weighted by Crippen LogP contribution is -2.56. The van der Waals surface area contributed by atoms with Crippen molar-refractivity contribution in [3.63, 3.8) is 0 Å². The first-order valence-electron chi connectivity index (χ1n) is 9.58. The van der Waals surface area contributed by atoms with Gasteiger partial charge in [-0.05, 0) is 61.1 Å². The van der Waals surface area contributed by atoms with Crippen molar-refractivity contribution in [2.75, 3.05) is 11.9 Å². The average molecular weight is 582 g/mol. The Morgan fingerprint density at radius 3 is 2.38 bits per heavy atom. The second-order valence-corrected chi connectivity index (χ2v) is 10.3. The van der Waals surface area contributed by atoms with Gasteiger partial charge in [-0.1, -0.05) is 70.1 Å². The minimum atomic E-state index is -1.89. The van der Waals surface area contributed by atoms with Crippen LogP contribution in [0.4, 0.5) is 5.69 Å². The number of benzene rings is 2. The number of amides is 1. The molecule has 0 aliphatic heterocycles. The Morgan fingerprint density at radius 1 is 1.09 bits per heavy atom. The zero-order valence-electron chi connectivity index (χ0n) is 17.0. The first kappa shape index (κ1) is 26.7. The molecule has 2 aromatic carbocycles. The van der Waals surface area contributed by atoms with Gasteiger partial charge in [-0.25, -0.2) is 4.79 Å². The van der Waals surface area contributed by atoms with E-state index in [0.29, 0.717) is 23.4 Å². The number of carbonyl (C=O) groups excluding carboxylic acids is 2. The summed E-state index contributed by atoms with van der Waals surface area (Å²) >= 11 is 26.7. The van der Waals surface area contributed by atoms with Crippen LogP contribution in [-0.4, -0.2) is 33.6 Å². The first-order valence-corrected chi connectivity index (χ1v) is 11.9. The van der Waals surface area contributed by atoms with Gasteiger partial charge in [-0.2, -0.15) is 0 Å². The number of nitrogens with one attached hydrogen (secondary N) is 3. The van der Waals surface area contributed by atoms with Crippen LogP contribution in [0.3, 0.4) is 0 Å². The zero-order chi connectivity index (χ0) is 23.7. The number of halogens is 4. The number of anilines is 1. The van der Waals surface area contributed by atoms with Crippen LogP contribution in [0.15, 0.2) is 53.0 Å². The first-order chi connectivity index (χ1) is 15.1. The summed E-state index contributed by atoms with van der Waals surface area (Å²) in [6.45, 7) is 2.40. The summed E-state index contributed by atoms with van der Waals surface area (Å²) in [6.07, 6.45) is 0.638. The van der Waals surface area contributed by atoms with E-state index in [1.54, 1.807) is 48.5 Å². The Kier molecular flexibility index (Phi) is 10.5. The molecule has 0 saturated heterocycles. The number of rotatable bonds is 8. The normalized spacial score (nSPS) is 11.9. The maximum absolute atomic E-state index is 12.5. The van der Waals surface area contributed by atoms with Gasteiger partial charge in [0.2, 0.25) is 3.79 Å². The molecule has 0 aliphatic carbocycles. The Balaban J connectivity index is 1.98. The third kappa shape index (κ3) is 8.75. The van der Waals surface area contributed by atoms with Crippen LogP contribution >= 0.6 is 63.0 Å². The van der Waals surface area contributed by atoms with Gasteiger partial charge < -0.3 is 20.7 Å². The van der Waals surface area contributed by atoms with E-state index < -0.39 is 21.8 Å². The molecule has 6 nitrogen and oxygen atoms in total. The molecule has 0 radical (unpaired) electrons. The molecule has 2 aromatic rings. The van der Waals surface area contributed by atoms with Crippen molar-refractivity contribution in [2.24, 2.45) is 0 Å². The maximum atomic E-state index is 12.5. The van der Waals surface area contributed by atoms with Gasteiger partial charge in [-0.15, -0.1) is 0 Å². The van der Waals surface area contributed by atoms with E-state index >= 15 is 0 Å². The molecule has 0 aromatic heterocycles. The van der Waals surface area contributed by atoms with E-state index in [1.807, 2.05) is 6.92 Å². The molecule has 0 heterocycles. The molecule has 0 saturated carbocycles. The Hall–Kier alpha value is -1.58. The second-order valence-electron chi connectivity index (χ2n) is 6.62. The maximum Gasteiger partial charge on any atom is 0.338 e. The number of ether oxygens (including phenoxy) is 1. The molecule has 0 fully saturated rings. The lowest BCUT2D eigenvalue weighted by Gasteiger charge is -2.27. The average Bonchev–Trinajstić information content (AvgIpc) is 2.73. The Morgan fingerprint density at radius 2 is 1.78 bits per heavy atom. The quantitative estimate of drug-likeness (QED) is 0.120. The van der Waals surface area contributed by atoms with Crippen LogP contribution in [0.1, 0.15) is 40.5 Å². The summed E-state index contributed by atoms with van der Waals surface area (Å²) in [7, 11) is 0. The van der Waals surface area contributed by atoms with Crippen LogP contribution in [0.25, 0.3) is 0 Å². The number of unbranched alkanes of at least 4 members (excludes halogenated alkanes) is 1. The molecule has 1 amide bonds. The van der Waals surface area contributed by atoms with Crippen LogP contribution < -0.4 is 16.0 Å². The Labute approximate surface area is 215 Å². The van der Waals surface area contributed by atoms with Crippen LogP contribution in [0.5, 0.6) is 0 Å². The predicted octanol–water partition coefficient (Wildman–Crippen LogP) is 5.82. The van der Waals surface area contributed by atoms with Crippen LogP contribution in [0, 0.1) is 0 Å². The standard InChI is InChI=1S/C21H21BrCl3N3O3S/c1-2-3-11-31-18(30)13-7-9-16(10-8-13)26-20(32)28-19(21(23,24)25)27-17(29)14-5-4-6-15(22)12-14/h4-10,12,19H,2-3,11H2,1H3,(H,27,29)(H2,26,28,32)/t19-/m1/s1. The molecule has 0 bridgehead atoms. The summed E-state index contributed by atoms with van der Waals surface area (Å²) in [5, 5.41) is 8.42. The lowest BCUT2D eigenvalue weighted by atomic mass is 10.2. The van der Waals surface area contributed by atoms with Crippen LogP contribution in [0.2, 0.25) is 0 Å². The summed E-state index contributed by atoms with van der Waals surface area (Å²) in [4.78, 5) is 24.5. The summed E-state index contributed by atoms with van der Waals surface area (Å²) in [6, 6.07) is 13.3. The van der Waals surface area contributed by atoms with Crippen molar-refractivity contribution >= 4 is 85.6 Å². The molecule has 0 aliphatic rings. The lowest BCUT2D eigenvalue weighted by molar-refractivity contribution is 0.0499. The van der Waals surface area contributed by atoms with E-state index in [0.717, 1.165) is 17.3 Å². The molecule has 2 rings (SSSR count). The highest BCUT2D eigenvalue weighted by molar-refractivity contribution is 9.10. The smallest absolute Gasteiger partial charge is 0.338 e. The number of carbonyl (C=O) groups is 2. The van der Waals surface area contributed by atoms with Gasteiger partial charge >= 0.3 is 5.97 Å². The number of alkyl halides is 3. The molecular formula is C21H21BrCl3N3O3S. The fourth-order valence-electron chi connectivity index (χ4n) is 2.42. The van der Waals surface area contributed by atoms with E-state index in [-0.39, 0.29) is 5.11 Å². The molecule has 3 N–H and O–H groups in total. The van der Waals surface area contributed by atoms with Gasteiger partial charge in [0.05, 0.1) is 12.2 Å². The number of esters is 1. The van der Waals surface area contributed by atoms with Crippen molar-refractivity contribution in [3.05, 3.63) is 64.1 Å². The van der Waals surface area contributed by atoms with Gasteiger partial charge in [0.25, 0.3) is 5.91 Å². The number of hydrogen-bond acceptors (Lipinski definition) is 4. The van der Waals surface area contributed by atoms with Gasteiger partial charge in [0.15, 0.2) is 5.11 Å². The van der Waals surface area contributed by atoms with Gasteiger partial charge in [0, 0.05) is 15.7 Å². The highest BCUT2D eigenvalue weighted by Crippen LogP contribution is 2.29. The van der Waals surface area contributed by atoms with Crippen molar-refractivity contribution in [2.45, 2.75) is 29.7 Å². The highest BCUT2D eigenvalue weighted by Gasteiger charge is 2.35. The summed E-state index contributed by atoms with van der Waals surface area (Å²) < 4.78 is 4.02. The predicted molar refractivity (Wildman–Crippen MR) is 137 cm³/mol. The van der Waals surface area contributed by atoms with E-state index in [9.17, 15) is 9.59 Å². The third-order valence-corrected chi connectivity index (χ3v) is 5.44. The SMILES string of the molecule is CCCCOC(=O)c1ccc(NC(=S)N[C@@H](NC(=O)c2cccc(Br)c2)C(Cl)(Cl)Cl)cc1. The fourth-order valence-corrected chi connectivity index (χ4v) is 3.39.